The largest absolute Gasteiger partial charge is 0.379 e. The maximum atomic E-state index is 12.9. The summed E-state index contributed by atoms with van der Waals surface area (Å²) in [5.74, 6) is 0.726. The van der Waals surface area contributed by atoms with Gasteiger partial charge in [0.1, 0.15) is 0 Å². The summed E-state index contributed by atoms with van der Waals surface area (Å²) in [6.07, 6.45) is 9.28. The van der Waals surface area contributed by atoms with Gasteiger partial charge in [0.2, 0.25) is 0 Å². The van der Waals surface area contributed by atoms with Crippen molar-refractivity contribution in [1.82, 2.24) is 9.80 Å². The number of hydrogen-bond donors (Lipinski definition) is 1. The molecule has 1 N–H and O–H groups in total. The number of nitrogens with zero attached hydrogens (tertiary/aromatic N) is 2. The third-order valence-electron chi connectivity index (χ3n) is 5.80. The first-order chi connectivity index (χ1) is 12.1. The number of aliphatic hydroxyl groups is 1. The molecule has 1 aliphatic carbocycles. The summed E-state index contributed by atoms with van der Waals surface area (Å²) in [7, 11) is 1.99. The van der Waals surface area contributed by atoms with Crippen LogP contribution in [0.3, 0.4) is 0 Å². The number of carbonyl (C=O) groups excluding carboxylic acids is 1. The molecule has 4 nitrogen and oxygen atoms in total. The normalized spacial score (nSPS) is 25.7. The second-order valence-electron chi connectivity index (χ2n) is 8.02. The SMILES string of the molecule is CN(Cc1ccsc1)C[C@@]1(O)CCCN(CCC2CCCCC2)C1=O. The summed E-state index contributed by atoms with van der Waals surface area (Å²) in [4.78, 5) is 16.9. The summed E-state index contributed by atoms with van der Waals surface area (Å²) in [5, 5.41) is 15.2. The molecule has 1 saturated carbocycles. The van der Waals surface area contributed by atoms with Gasteiger partial charge < -0.3 is 10.0 Å². The van der Waals surface area contributed by atoms with Crippen molar-refractivity contribution in [2.24, 2.45) is 5.92 Å². The average Bonchev–Trinajstić information content (AvgIpc) is 3.10. The molecule has 0 aromatic carbocycles. The first-order valence-electron chi connectivity index (χ1n) is 9.78. The standard InChI is InChI=1S/C20H32N2O2S/c1-21(14-18-9-13-25-15-18)16-20(24)10-5-11-22(19(20)23)12-8-17-6-3-2-4-7-17/h9,13,15,17,24H,2-8,10-12,14,16H2,1H3/t20-/m0/s1. The van der Waals surface area contributed by atoms with Crippen LogP contribution in [0, 0.1) is 5.92 Å². The molecule has 1 aromatic heterocycles. The van der Waals surface area contributed by atoms with Crippen LogP contribution in [0.25, 0.3) is 0 Å². The lowest BCUT2D eigenvalue weighted by Gasteiger charge is -2.40. The van der Waals surface area contributed by atoms with Crippen molar-refractivity contribution in [3.05, 3.63) is 22.4 Å². The van der Waals surface area contributed by atoms with Gasteiger partial charge in [-0.3, -0.25) is 9.69 Å². The highest BCUT2D eigenvalue weighted by atomic mass is 32.1. The number of amides is 1. The van der Waals surface area contributed by atoms with Crippen LogP contribution in [0.4, 0.5) is 0 Å². The van der Waals surface area contributed by atoms with Crippen molar-refractivity contribution in [2.45, 2.75) is 63.5 Å². The van der Waals surface area contributed by atoms with Crippen LogP contribution >= 0.6 is 11.3 Å². The number of likely N-dealkylation sites (tertiary alicyclic amines) is 1. The fraction of sp³-hybridized carbons (Fsp3) is 0.750. The van der Waals surface area contributed by atoms with E-state index in [9.17, 15) is 9.90 Å². The van der Waals surface area contributed by atoms with Gasteiger partial charge in [-0.25, -0.2) is 0 Å². The predicted molar refractivity (Wildman–Crippen MR) is 103 cm³/mol. The van der Waals surface area contributed by atoms with E-state index in [1.54, 1.807) is 11.3 Å². The monoisotopic (exact) mass is 364 g/mol. The van der Waals surface area contributed by atoms with E-state index in [-0.39, 0.29) is 5.91 Å². The van der Waals surface area contributed by atoms with Crippen molar-refractivity contribution < 1.29 is 9.90 Å². The van der Waals surface area contributed by atoms with Gasteiger partial charge >= 0.3 is 0 Å². The average molecular weight is 365 g/mol. The van der Waals surface area contributed by atoms with Crippen LogP contribution in [-0.4, -0.2) is 53.1 Å². The first-order valence-corrected chi connectivity index (χ1v) is 10.7. The number of likely N-dealkylation sites (N-methyl/N-ethyl adjacent to an activating group) is 1. The molecule has 140 valence electrons. The molecule has 0 spiro atoms. The van der Waals surface area contributed by atoms with E-state index in [0.29, 0.717) is 13.0 Å². The molecule has 0 unspecified atom stereocenters. The predicted octanol–water partition coefficient (Wildman–Crippen LogP) is 3.50. The minimum Gasteiger partial charge on any atom is -0.379 e. The van der Waals surface area contributed by atoms with Gasteiger partial charge in [-0.2, -0.15) is 11.3 Å². The molecule has 1 amide bonds. The van der Waals surface area contributed by atoms with Gasteiger partial charge in [0, 0.05) is 26.2 Å². The molecule has 0 radical (unpaired) electrons. The second kappa shape index (κ2) is 8.65. The topological polar surface area (TPSA) is 43.8 Å². The Morgan fingerprint density at radius 3 is 2.84 bits per heavy atom. The molecular weight excluding hydrogens is 332 g/mol. The Labute approximate surface area is 155 Å². The van der Waals surface area contributed by atoms with Gasteiger partial charge in [0.25, 0.3) is 5.91 Å². The molecule has 0 bridgehead atoms. The number of thiophene rings is 1. The second-order valence-corrected chi connectivity index (χ2v) is 8.80. The minimum absolute atomic E-state index is 0.0493. The van der Waals surface area contributed by atoms with Crippen molar-refractivity contribution in [3.8, 4) is 0 Å². The third-order valence-corrected chi connectivity index (χ3v) is 6.53. The zero-order valence-corrected chi connectivity index (χ0v) is 16.3. The lowest BCUT2D eigenvalue weighted by molar-refractivity contribution is -0.159. The summed E-state index contributed by atoms with van der Waals surface area (Å²) >= 11 is 1.68. The highest BCUT2D eigenvalue weighted by molar-refractivity contribution is 7.07. The molecule has 2 fully saturated rings. The molecule has 25 heavy (non-hydrogen) atoms. The number of carbonyl (C=O) groups is 1. The van der Waals surface area contributed by atoms with Crippen molar-refractivity contribution in [1.29, 1.82) is 0 Å². The van der Waals surface area contributed by atoms with Crippen molar-refractivity contribution in [2.75, 3.05) is 26.7 Å². The van der Waals surface area contributed by atoms with Gasteiger partial charge in [-0.05, 0) is 54.6 Å². The molecule has 1 saturated heterocycles. The van der Waals surface area contributed by atoms with E-state index in [4.69, 9.17) is 0 Å². The molecule has 1 aliphatic heterocycles. The Kier molecular flexibility index (Phi) is 6.53. The summed E-state index contributed by atoms with van der Waals surface area (Å²) in [5.41, 5.74) is 0.0313. The summed E-state index contributed by atoms with van der Waals surface area (Å²) < 4.78 is 0. The van der Waals surface area contributed by atoms with Crippen LogP contribution in [0.1, 0.15) is 56.9 Å². The Hall–Kier alpha value is -0.910. The van der Waals surface area contributed by atoms with E-state index in [0.717, 1.165) is 38.4 Å². The fourth-order valence-electron chi connectivity index (χ4n) is 4.44. The smallest absolute Gasteiger partial charge is 0.255 e. The van der Waals surface area contributed by atoms with E-state index < -0.39 is 5.60 Å². The highest BCUT2D eigenvalue weighted by Crippen LogP contribution is 2.29. The van der Waals surface area contributed by atoms with Crippen LogP contribution in [-0.2, 0) is 11.3 Å². The van der Waals surface area contributed by atoms with E-state index in [2.05, 4.69) is 21.7 Å². The minimum atomic E-state index is -1.21. The fourth-order valence-corrected chi connectivity index (χ4v) is 5.10. The van der Waals surface area contributed by atoms with Crippen molar-refractivity contribution in [3.63, 3.8) is 0 Å². The molecule has 3 rings (SSSR count). The Morgan fingerprint density at radius 2 is 2.12 bits per heavy atom. The van der Waals surface area contributed by atoms with E-state index in [1.807, 2.05) is 11.9 Å². The van der Waals surface area contributed by atoms with E-state index in [1.165, 1.54) is 37.7 Å². The highest BCUT2D eigenvalue weighted by Gasteiger charge is 2.42. The summed E-state index contributed by atoms with van der Waals surface area (Å²) in [6, 6.07) is 2.10. The van der Waals surface area contributed by atoms with E-state index >= 15 is 0 Å². The Morgan fingerprint density at radius 1 is 1.32 bits per heavy atom. The molecule has 2 aliphatic rings. The van der Waals surface area contributed by atoms with Crippen LogP contribution < -0.4 is 0 Å². The van der Waals surface area contributed by atoms with Gasteiger partial charge in [-0.15, -0.1) is 0 Å². The zero-order chi connectivity index (χ0) is 17.7. The third kappa shape index (κ3) is 5.05. The maximum Gasteiger partial charge on any atom is 0.255 e. The van der Waals surface area contributed by atoms with Gasteiger partial charge in [0.15, 0.2) is 5.60 Å². The maximum absolute atomic E-state index is 12.9. The van der Waals surface area contributed by atoms with Gasteiger partial charge in [0.05, 0.1) is 0 Å². The quantitative estimate of drug-likeness (QED) is 0.805. The van der Waals surface area contributed by atoms with Crippen molar-refractivity contribution >= 4 is 17.2 Å². The number of piperidine rings is 1. The Balaban J connectivity index is 1.52. The van der Waals surface area contributed by atoms with Crippen LogP contribution in [0.5, 0.6) is 0 Å². The first kappa shape index (κ1) is 18.9. The molecule has 2 heterocycles. The molecule has 1 aromatic rings. The van der Waals surface area contributed by atoms with Crippen LogP contribution in [0.2, 0.25) is 0 Å². The Bertz CT molecular complexity index is 542. The number of hydrogen-bond acceptors (Lipinski definition) is 4. The van der Waals surface area contributed by atoms with Gasteiger partial charge in [-0.1, -0.05) is 32.1 Å². The summed E-state index contributed by atoms with van der Waals surface area (Å²) in [6.45, 7) is 2.82. The molecular formula is C20H32N2O2S. The lowest BCUT2D eigenvalue weighted by atomic mass is 9.86. The lowest BCUT2D eigenvalue weighted by Crippen LogP contribution is -2.58. The molecule has 1 atom stereocenters. The zero-order valence-electron chi connectivity index (χ0n) is 15.5. The number of rotatable bonds is 7. The molecule has 5 heteroatoms. The van der Waals surface area contributed by atoms with Crippen LogP contribution in [0.15, 0.2) is 16.8 Å².